The highest BCUT2D eigenvalue weighted by atomic mass is 32.1. The number of anilines is 1. The van der Waals surface area contributed by atoms with Crippen LogP contribution >= 0.6 is 11.3 Å². The lowest BCUT2D eigenvalue weighted by Crippen LogP contribution is -1.93. The summed E-state index contributed by atoms with van der Waals surface area (Å²) in [6.07, 6.45) is 4.72. The van der Waals surface area contributed by atoms with E-state index in [1.54, 1.807) is 16.0 Å². The largest absolute Gasteiger partial charge is 0.398 e. The lowest BCUT2D eigenvalue weighted by Gasteiger charge is -2.00. The van der Waals surface area contributed by atoms with E-state index in [4.69, 9.17) is 5.73 Å². The summed E-state index contributed by atoms with van der Waals surface area (Å²) >= 11 is 1.60. The molecule has 0 saturated heterocycles. The number of benzene rings is 1. The third-order valence-corrected chi connectivity index (χ3v) is 3.83. The van der Waals surface area contributed by atoms with Crippen molar-refractivity contribution < 1.29 is 0 Å². The summed E-state index contributed by atoms with van der Waals surface area (Å²) in [5.41, 5.74) is 9.84. The lowest BCUT2D eigenvalue weighted by atomic mass is 10.1. The predicted octanol–water partition coefficient (Wildman–Crippen LogP) is 3.14. The van der Waals surface area contributed by atoms with E-state index in [2.05, 4.69) is 22.4 Å². The first kappa shape index (κ1) is 11.9. The number of hydrogen-bond donors (Lipinski definition) is 1. The average molecular weight is 270 g/mol. The molecule has 0 aliphatic rings. The van der Waals surface area contributed by atoms with Crippen molar-refractivity contribution in [2.45, 2.75) is 13.3 Å². The molecule has 0 fully saturated rings. The molecule has 0 spiro atoms. The van der Waals surface area contributed by atoms with Gasteiger partial charge in [0.1, 0.15) is 0 Å². The number of nitrogens with two attached hydrogens (primary N) is 1. The van der Waals surface area contributed by atoms with Crippen LogP contribution in [0.1, 0.15) is 12.6 Å². The highest BCUT2D eigenvalue weighted by Crippen LogP contribution is 2.26. The molecule has 2 N–H and O–H groups in total. The van der Waals surface area contributed by atoms with E-state index >= 15 is 0 Å². The van der Waals surface area contributed by atoms with Crippen LogP contribution in [0.5, 0.6) is 0 Å². The van der Waals surface area contributed by atoms with Crippen LogP contribution in [0, 0.1) is 0 Å². The van der Waals surface area contributed by atoms with Gasteiger partial charge in [0.2, 0.25) is 5.13 Å². The van der Waals surface area contributed by atoms with E-state index in [-0.39, 0.29) is 0 Å². The Morgan fingerprint density at radius 2 is 2.16 bits per heavy atom. The highest BCUT2D eigenvalue weighted by molar-refractivity contribution is 7.12. The maximum absolute atomic E-state index is 5.98. The third-order valence-electron chi connectivity index (χ3n) is 2.95. The minimum Gasteiger partial charge on any atom is -0.398 e. The van der Waals surface area contributed by atoms with Crippen LogP contribution in [0.3, 0.4) is 0 Å². The Bertz CT molecular complexity index is 699. The van der Waals surface area contributed by atoms with Gasteiger partial charge in [-0.2, -0.15) is 5.10 Å². The normalized spacial score (nSPS) is 10.8. The van der Waals surface area contributed by atoms with Crippen molar-refractivity contribution >= 4 is 17.0 Å². The van der Waals surface area contributed by atoms with E-state index in [0.29, 0.717) is 0 Å². The summed E-state index contributed by atoms with van der Waals surface area (Å²) in [6, 6.07) is 7.79. The van der Waals surface area contributed by atoms with Gasteiger partial charge in [-0.1, -0.05) is 25.1 Å². The molecular weight excluding hydrogens is 256 g/mol. The van der Waals surface area contributed by atoms with Gasteiger partial charge in [0, 0.05) is 28.4 Å². The zero-order valence-corrected chi connectivity index (χ0v) is 11.4. The highest BCUT2D eigenvalue weighted by Gasteiger charge is 2.08. The third kappa shape index (κ3) is 2.24. The second kappa shape index (κ2) is 4.85. The van der Waals surface area contributed by atoms with E-state index < -0.39 is 0 Å². The zero-order chi connectivity index (χ0) is 13.2. The quantitative estimate of drug-likeness (QED) is 0.744. The molecular formula is C14H14N4S. The van der Waals surface area contributed by atoms with Gasteiger partial charge in [-0.25, -0.2) is 9.67 Å². The summed E-state index contributed by atoms with van der Waals surface area (Å²) in [4.78, 5) is 4.52. The number of thiazole rings is 1. The summed E-state index contributed by atoms with van der Waals surface area (Å²) in [7, 11) is 0. The number of aryl methyl sites for hydroxylation is 1. The van der Waals surface area contributed by atoms with Gasteiger partial charge in [0.25, 0.3) is 0 Å². The molecule has 0 unspecified atom stereocenters. The number of rotatable bonds is 3. The van der Waals surface area contributed by atoms with Crippen LogP contribution in [0.15, 0.2) is 42.0 Å². The smallest absolute Gasteiger partial charge is 0.210 e. The standard InChI is InChI=1S/C14H14N4S/c1-2-11-9-19-14(17-11)18-8-10(7-16-18)12-5-3-4-6-13(12)15/h3-9H,2,15H2,1H3. The molecule has 0 atom stereocenters. The Labute approximate surface area is 115 Å². The first-order valence-corrected chi connectivity index (χ1v) is 7.00. The maximum atomic E-state index is 5.98. The number of aromatic nitrogens is 3. The van der Waals surface area contributed by atoms with Crippen LogP contribution in [0.2, 0.25) is 0 Å². The van der Waals surface area contributed by atoms with Crippen LogP contribution in [-0.4, -0.2) is 14.8 Å². The number of nitrogen functional groups attached to an aromatic ring is 1. The Morgan fingerprint density at radius 3 is 2.89 bits per heavy atom. The summed E-state index contributed by atoms with van der Waals surface area (Å²) in [5.74, 6) is 0. The number of hydrogen-bond acceptors (Lipinski definition) is 4. The minimum absolute atomic E-state index is 0.760. The van der Waals surface area contributed by atoms with Gasteiger partial charge in [0.05, 0.1) is 11.9 Å². The first-order chi connectivity index (χ1) is 9.28. The molecule has 3 aromatic rings. The van der Waals surface area contributed by atoms with Gasteiger partial charge in [-0.05, 0) is 12.5 Å². The van der Waals surface area contributed by atoms with E-state index in [9.17, 15) is 0 Å². The van der Waals surface area contributed by atoms with Crippen molar-refractivity contribution in [2.24, 2.45) is 0 Å². The molecule has 2 aromatic heterocycles. The van der Waals surface area contributed by atoms with E-state index in [1.165, 1.54) is 0 Å². The molecule has 5 heteroatoms. The molecule has 2 heterocycles. The Kier molecular flexibility index (Phi) is 3.05. The van der Waals surface area contributed by atoms with Crippen LogP contribution in [0.25, 0.3) is 16.3 Å². The monoisotopic (exact) mass is 270 g/mol. The van der Waals surface area contributed by atoms with Gasteiger partial charge < -0.3 is 5.73 Å². The van der Waals surface area contributed by atoms with Gasteiger partial charge >= 0.3 is 0 Å². The molecule has 3 rings (SSSR count). The Balaban J connectivity index is 1.97. The number of para-hydroxylation sites is 1. The molecule has 19 heavy (non-hydrogen) atoms. The fourth-order valence-electron chi connectivity index (χ4n) is 1.89. The molecule has 4 nitrogen and oxygen atoms in total. The Hall–Kier alpha value is -2.14. The van der Waals surface area contributed by atoms with Crippen molar-refractivity contribution in [1.82, 2.24) is 14.8 Å². The number of nitrogens with zero attached hydrogens (tertiary/aromatic N) is 3. The average Bonchev–Trinajstić information content (AvgIpc) is 3.08. The van der Waals surface area contributed by atoms with Crippen LogP contribution in [-0.2, 0) is 6.42 Å². The lowest BCUT2D eigenvalue weighted by molar-refractivity contribution is 0.859. The van der Waals surface area contributed by atoms with Gasteiger partial charge in [-0.3, -0.25) is 0 Å². The van der Waals surface area contributed by atoms with Crippen LogP contribution < -0.4 is 5.73 Å². The van der Waals surface area contributed by atoms with Crippen molar-refractivity contribution in [2.75, 3.05) is 5.73 Å². The first-order valence-electron chi connectivity index (χ1n) is 6.12. The molecule has 0 radical (unpaired) electrons. The fraction of sp³-hybridized carbons (Fsp3) is 0.143. The minimum atomic E-state index is 0.760. The molecule has 0 aliphatic heterocycles. The maximum Gasteiger partial charge on any atom is 0.210 e. The fourth-order valence-corrected chi connectivity index (χ4v) is 2.73. The van der Waals surface area contributed by atoms with Crippen molar-refractivity contribution in [3.63, 3.8) is 0 Å². The molecule has 0 saturated carbocycles. The van der Waals surface area contributed by atoms with E-state index in [1.807, 2.05) is 36.7 Å². The van der Waals surface area contributed by atoms with Crippen molar-refractivity contribution in [3.05, 3.63) is 47.7 Å². The predicted molar refractivity (Wildman–Crippen MR) is 78.5 cm³/mol. The second-order valence-electron chi connectivity index (χ2n) is 4.24. The summed E-state index contributed by atoms with van der Waals surface area (Å²) in [6.45, 7) is 2.10. The molecule has 0 amide bonds. The van der Waals surface area contributed by atoms with Gasteiger partial charge in [0.15, 0.2) is 0 Å². The summed E-state index contributed by atoms with van der Waals surface area (Å²) < 4.78 is 1.80. The van der Waals surface area contributed by atoms with E-state index in [0.717, 1.165) is 34.1 Å². The van der Waals surface area contributed by atoms with Crippen molar-refractivity contribution in [3.8, 4) is 16.3 Å². The topological polar surface area (TPSA) is 56.7 Å². The SMILES string of the molecule is CCc1csc(-n2cc(-c3ccccc3N)cn2)n1. The molecule has 0 bridgehead atoms. The molecule has 96 valence electrons. The molecule has 1 aromatic carbocycles. The van der Waals surface area contributed by atoms with Crippen molar-refractivity contribution in [1.29, 1.82) is 0 Å². The summed E-state index contributed by atoms with van der Waals surface area (Å²) in [5, 5.41) is 7.31. The van der Waals surface area contributed by atoms with Crippen LogP contribution in [0.4, 0.5) is 5.69 Å². The van der Waals surface area contributed by atoms with Gasteiger partial charge in [-0.15, -0.1) is 11.3 Å². The Morgan fingerprint density at radius 1 is 1.32 bits per heavy atom. The molecule has 0 aliphatic carbocycles. The second-order valence-corrected chi connectivity index (χ2v) is 5.07. The zero-order valence-electron chi connectivity index (χ0n) is 10.6.